The van der Waals surface area contributed by atoms with Crippen molar-refractivity contribution < 1.29 is 23.8 Å². The van der Waals surface area contributed by atoms with Crippen molar-refractivity contribution in [3.63, 3.8) is 0 Å². The number of hydrogen-bond donors (Lipinski definition) is 1. The molecule has 6 heteroatoms. The van der Waals surface area contributed by atoms with Gasteiger partial charge in [0.15, 0.2) is 6.61 Å². The van der Waals surface area contributed by atoms with E-state index in [9.17, 15) is 9.59 Å². The Bertz CT molecular complexity index is 735. The molecule has 0 saturated heterocycles. The minimum absolute atomic E-state index is 0.363. The highest BCUT2D eigenvalue weighted by molar-refractivity contribution is 5.94. The molecular weight excluding hydrogens is 322 g/mol. The molecule has 0 heterocycles. The van der Waals surface area contributed by atoms with Gasteiger partial charge < -0.3 is 19.5 Å². The number of carbonyl (C=O) groups excluding carboxylic acids is 2. The minimum Gasteiger partial charge on any atom is -0.497 e. The summed E-state index contributed by atoms with van der Waals surface area (Å²) in [7, 11) is 3.14. The van der Waals surface area contributed by atoms with Gasteiger partial charge in [-0.05, 0) is 48.0 Å². The Kier molecular flexibility index (Phi) is 6.59. The fourth-order valence-electron chi connectivity index (χ4n) is 1.94. The second-order valence-electron chi connectivity index (χ2n) is 4.99. The second kappa shape index (κ2) is 9.12. The van der Waals surface area contributed by atoms with Gasteiger partial charge in [-0.25, -0.2) is 4.79 Å². The molecule has 2 rings (SSSR count). The van der Waals surface area contributed by atoms with Crippen LogP contribution in [0.4, 0.5) is 5.69 Å². The molecule has 0 aliphatic carbocycles. The highest BCUT2D eigenvalue weighted by Gasteiger charge is 2.06. The third-order valence-corrected chi connectivity index (χ3v) is 3.25. The molecule has 25 heavy (non-hydrogen) atoms. The van der Waals surface area contributed by atoms with E-state index in [1.165, 1.54) is 6.08 Å². The number of methoxy groups -OCH3 is 2. The number of nitrogens with one attached hydrogen (secondary N) is 1. The maximum atomic E-state index is 11.8. The van der Waals surface area contributed by atoms with Crippen LogP contribution in [0.25, 0.3) is 6.08 Å². The lowest BCUT2D eigenvalue weighted by molar-refractivity contribution is -0.142. The zero-order valence-corrected chi connectivity index (χ0v) is 14.0. The summed E-state index contributed by atoms with van der Waals surface area (Å²) in [4.78, 5) is 23.4. The van der Waals surface area contributed by atoms with Crippen LogP contribution in [0.2, 0.25) is 0 Å². The average molecular weight is 341 g/mol. The van der Waals surface area contributed by atoms with Crippen molar-refractivity contribution in [2.75, 3.05) is 26.1 Å². The highest BCUT2D eigenvalue weighted by atomic mass is 16.5. The minimum atomic E-state index is -0.597. The molecule has 0 spiro atoms. The molecule has 0 atom stereocenters. The van der Waals surface area contributed by atoms with Gasteiger partial charge in [0.1, 0.15) is 11.5 Å². The van der Waals surface area contributed by atoms with Crippen LogP contribution in [0.1, 0.15) is 5.56 Å². The first kappa shape index (κ1) is 18.1. The number of esters is 1. The lowest BCUT2D eigenvalue weighted by Gasteiger charge is -2.06. The van der Waals surface area contributed by atoms with Gasteiger partial charge in [0.25, 0.3) is 5.91 Å². The number of amides is 1. The first-order valence-corrected chi connectivity index (χ1v) is 7.53. The molecule has 0 aliphatic rings. The fourth-order valence-corrected chi connectivity index (χ4v) is 1.94. The summed E-state index contributed by atoms with van der Waals surface area (Å²) in [5, 5.41) is 2.63. The molecule has 6 nitrogen and oxygen atoms in total. The Hall–Kier alpha value is -3.28. The Morgan fingerprint density at radius 3 is 2.04 bits per heavy atom. The maximum Gasteiger partial charge on any atom is 0.331 e. The molecule has 130 valence electrons. The molecule has 0 radical (unpaired) electrons. The van der Waals surface area contributed by atoms with Crippen LogP contribution in [0.3, 0.4) is 0 Å². The molecule has 0 unspecified atom stereocenters. The standard InChI is InChI=1S/C19H19NO5/c1-23-16-8-3-14(4-9-16)5-12-19(22)25-13-18(21)20-15-6-10-17(24-2)11-7-15/h3-12H,13H2,1-2H3,(H,20,21)/b12-5+. The van der Waals surface area contributed by atoms with Gasteiger partial charge in [-0.15, -0.1) is 0 Å². The van der Waals surface area contributed by atoms with Gasteiger partial charge in [-0.3, -0.25) is 4.79 Å². The smallest absolute Gasteiger partial charge is 0.331 e. The molecule has 0 fully saturated rings. The number of hydrogen-bond acceptors (Lipinski definition) is 5. The molecule has 1 amide bonds. The quantitative estimate of drug-likeness (QED) is 0.619. The summed E-state index contributed by atoms with van der Waals surface area (Å²) in [6.45, 7) is -0.363. The highest BCUT2D eigenvalue weighted by Crippen LogP contribution is 2.15. The molecule has 0 saturated carbocycles. The van der Waals surface area contributed by atoms with E-state index in [1.807, 2.05) is 0 Å². The van der Waals surface area contributed by atoms with Crippen molar-refractivity contribution in [2.24, 2.45) is 0 Å². The van der Waals surface area contributed by atoms with E-state index in [4.69, 9.17) is 14.2 Å². The van der Waals surface area contributed by atoms with Gasteiger partial charge in [0.2, 0.25) is 0 Å². The molecular formula is C19H19NO5. The summed E-state index contributed by atoms with van der Waals surface area (Å²) < 4.78 is 15.0. The zero-order valence-electron chi connectivity index (χ0n) is 14.0. The number of carbonyl (C=O) groups is 2. The van der Waals surface area contributed by atoms with Crippen molar-refractivity contribution in [1.29, 1.82) is 0 Å². The number of rotatable bonds is 7. The molecule has 0 bridgehead atoms. The monoisotopic (exact) mass is 341 g/mol. The van der Waals surface area contributed by atoms with E-state index in [0.29, 0.717) is 11.4 Å². The third kappa shape index (κ3) is 6.02. The lowest BCUT2D eigenvalue weighted by atomic mass is 10.2. The van der Waals surface area contributed by atoms with E-state index in [2.05, 4.69) is 5.32 Å². The molecule has 0 aliphatic heterocycles. The van der Waals surface area contributed by atoms with Crippen molar-refractivity contribution in [2.45, 2.75) is 0 Å². The van der Waals surface area contributed by atoms with E-state index in [-0.39, 0.29) is 6.61 Å². The van der Waals surface area contributed by atoms with Crippen molar-refractivity contribution in [1.82, 2.24) is 0 Å². The van der Waals surface area contributed by atoms with E-state index < -0.39 is 11.9 Å². The van der Waals surface area contributed by atoms with Crippen LogP contribution in [0.5, 0.6) is 11.5 Å². The normalized spacial score (nSPS) is 10.3. The predicted octanol–water partition coefficient (Wildman–Crippen LogP) is 2.90. The first-order chi connectivity index (χ1) is 12.1. The Morgan fingerprint density at radius 2 is 1.48 bits per heavy atom. The predicted molar refractivity (Wildman–Crippen MR) is 94.6 cm³/mol. The number of benzene rings is 2. The van der Waals surface area contributed by atoms with Crippen LogP contribution >= 0.6 is 0 Å². The third-order valence-electron chi connectivity index (χ3n) is 3.25. The average Bonchev–Trinajstić information content (AvgIpc) is 2.65. The lowest BCUT2D eigenvalue weighted by Crippen LogP contribution is -2.20. The zero-order chi connectivity index (χ0) is 18.1. The number of ether oxygens (including phenoxy) is 3. The van der Waals surface area contributed by atoms with Gasteiger partial charge in [0, 0.05) is 11.8 Å². The van der Waals surface area contributed by atoms with Gasteiger partial charge in [-0.1, -0.05) is 12.1 Å². The van der Waals surface area contributed by atoms with Gasteiger partial charge in [0.05, 0.1) is 14.2 Å². The first-order valence-electron chi connectivity index (χ1n) is 7.53. The Labute approximate surface area is 146 Å². The van der Waals surface area contributed by atoms with Crippen LogP contribution in [-0.2, 0) is 14.3 Å². The maximum absolute atomic E-state index is 11.8. The van der Waals surface area contributed by atoms with Gasteiger partial charge in [-0.2, -0.15) is 0 Å². The van der Waals surface area contributed by atoms with Crippen molar-refractivity contribution in [3.05, 3.63) is 60.2 Å². The van der Waals surface area contributed by atoms with Crippen LogP contribution in [0, 0.1) is 0 Å². The van der Waals surface area contributed by atoms with E-state index >= 15 is 0 Å². The molecule has 1 N–H and O–H groups in total. The van der Waals surface area contributed by atoms with Crippen molar-refractivity contribution >= 4 is 23.6 Å². The fraction of sp³-hybridized carbons (Fsp3) is 0.158. The summed E-state index contributed by atoms with van der Waals surface area (Å²) >= 11 is 0. The topological polar surface area (TPSA) is 73.9 Å². The van der Waals surface area contributed by atoms with Crippen LogP contribution in [0.15, 0.2) is 54.6 Å². The molecule has 2 aromatic rings. The number of anilines is 1. The summed E-state index contributed by atoms with van der Waals surface area (Å²) in [5.41, 5.74) is 1.41. The molecule has 0 aromatic heterocycles. The summed E-state index contributed by atoms with van der Waals surface area (Å²) in [6, 6.07) is 14.0. The largest absolute Gasteiger partial charge is 0.497 e. The summed E-state index contributed by atoms with van der Waals surface area (Å²) in [5.74, 6) is 0.403. The molecule has 2 aromatic carbocycles. The second-order valence-corrected chi connectivity index (χ2v) is 4.99. The van der Waals surface area contributed by atoms with Gasteiger partial charge >= 0.3 is 5.97 Å². The van der Waals surface area contributed by atoms with Crippen molar-refractivity contribution in [3.8, 4) is 11.5 Å². The Balaban J connectivity index is 1.77. The SMILES string of the molecule is COc1ccc(/C=C/C(=O)OCC(=O)Nc2ccc(OC)cc2)cc1. The van der Waals surface area contributed by atoms with E-state index in [0.717, 1.165) is 11.3 Å². The van der Waals surface area contributed by atoms with Crippen LogP contribution < -0.4 is 14.8 Å². The Morgan fingerprint density at radius 1 is 0.920 bits per heavy atom. The van der Waals surface area contributed by atoms with E-state index in [1.54, 1.807) is 68.8 Å². The summed E-state index contributed by atoms with van der Waals surface area (Å²) in [6.07, 6.45) is 2.87. The van der Waals surface area contributed by atoms with Crippen LogP contribution in [-0.4, -0.2) is 32.7 Å².